The summed E-state index contributed by atoms with van der Waals surface area (Å²) >= 11 is 0. The van der Waals surface area contributed by atoms with Crippen LogP contribution >= 0.6 is 12.4 Å². The molecule has 0 aromatic carbocycles. The summed E-state index contributed by atoms with van der Waals surface area (Å²) in [6.07, 6.45) is 3.27. The van der Waals surface area contributed by atoms with Crippen LogP contribution in [0.2, 0.25) is 0 Å². The van der Waals surface area contributed by atoms with Gasteiger partial charge in [0.05, 0.1) is 5.54 Å². The molecule has 0 aliphatic carbocycles. The van der Waals surface area contributed by atoms with E-state index in [4.69, 9.17) is 10.5 Å². The molecule has 1 rings (SSSR count). The standard InChI is InChI=1S/C12H24N2O2.ClH/c1-3-7-14(8-4-2)11(15)12(13)5-9-16-10-6-12;/h3-10,13H2,1-2H3;1H. The first-order valence-electron chi connectivity index (χ1n) is 6.30. The molecule has 1 aliphatic heterocycles. The summed E-state index contributed by atoms with van der Waals surface area (Å²) in [7, 11) is 0. The Bertz CT molecular complexity index is 225. The lowest BCUT2D eigenvalue weighted by Crippen LogP contribution is -2.58. The van der Waals surface area contributed by atoms with Gasteiger partial charge in [-0.15, -0.1) is 12.4 Å². The number of ether oxygens (including phenoxy) is 1. The number of amides is 1. The highest BCUT2D eigenvalue weighted by atomic mass is 35.5. The van der Waals surface area contributed by atoms with Crippen LogP contribution in [0.5, 0.6) is 0 Å². The number of rotatable bonds is 5. The fourth-order valence-electron chi connectivity index (χ4n) is 2.12. The molecular weight excluding hydrogens is 240 g/mol. The van der Waals surface area contributed by atoms with Crippen molar-refractivity contribution in [2.75, 3.05) is 26.3 Å². The maximum absolute atomic E-state index is 12.3. The topological polar surface area (TPSA) is 55.6 Å². The zero-order chi connectivity index (χ0) is 12.0. The van der Waals surface area contributed by atoms with E-state index in [1.165, 1.54) is 0 Å². The van der Waals surface area contributed by atoms with Crippen molar-refractivity contribution in [3.63, 3.8) is 0 Å². The van der Waals surface area contributed by atoms with E-state index in [-0.39, 0.29) is 18.3 Å². The van der Waals surface area contributed by atoms with E-state index in [1.807, 2.05) is 4.90 Å². The van der Waals surface area contributed by atoms with Gasteiger partial charge < -0.3 is 15.4 Å². The molecule has 1 saturated heterocycles. The van der Waals surface area contributed by atoms with Gasteiger partial charge in [-0.1, -0.05) is 13.8 Å². The normalized spacial score (nSPS) is 18.3. The van der Waals surface area contributed by atoms with E-state index in [0.29, 0.717) is 26.1 Å². The Labute approximate surface area is 110 Å². The average molecular weight is 265 g/mol. The number of halogens is 1. The summed E-state index contributed by atoms with van der Waals surface area (Å²) in [4.78, 5) is 14.3. The van der Waals surface area contributed by atoms with E-state index in [0.717, 1.165) is 25.9 Å². The van der Waals surface area contributed by atoms with Gasteiger partial charge in [0.1, 0.15) is 0 Å². The molecule has 0 bridgehead atoms. The van der Waals surface area contributed by atoms with Crippen LogP contribution in [0, 0.1) is 0 Å². The average Bonchev–Trinajstić information content (AvgIpc) is 2.29. The summed E-state index contributed by atoms with van der Waals surface area (Å²) in [6, 6.07) is 0. The predicted molar refractivity (Wildman–Crippen MR) is 71.4 cm³/mol. The lowest BCUT2D eigenvalue weighted by atomic mass is 9.89. The summed E-state index contributed by atoms with van der Waals surface area (Å²) in [5, 5.41) is 0. The first-order valence-corrected chi connectivity index (χ1v) is 6.30. The van der Waals surface area contributed by atoms with E-state index in [1.54, 1.807) is 0 Å². The number of hydrogen-bond donors (Lipinski definition) is 1. The summed E-state index contributed by atoms with van der Waals surface area (Å²) < 4.78 is 5.26. The van der Waals surface area contributed by atoms with Gasteiger partial charge in [0, 0.05) is 26.3 Å². The van der Waals surface area contributed by atoms with Crippen molar-refractivity contribution >= 4 is 18.3 Å². The Morgan fingerprint density at radius 2 is 1.71 bits per heavy atom. The minimum Gasteiger partial charge on any atom is -0.381 e. The van der Waals surface area contributed by atoms with E-state index < -0.39 is 5.54 Å². The van der Waals surface area contributed by atoms with Crippen LogP contribution in [0.15, 0.2) is 0 Å². The second kappa shape index (κ2) is 7.90. The van der Waals surface area contributed by atoms with Gasteiger partial charge in [-0.2, -0.15) is 0 Å². The molecule has 5 heteroatoms. The van der Waals surface area contributed by atoms with Gasteiger partial charge in [0.15, 0.2) is 0 Å². The smallest absolute Gasteiger partial charge is 0.242 e. The van der Waals surface area contributed by atoms with Crippen LogP contribution in [0.1, 0.15) is 39.5 Å². The maximum Gasteiger partial charge on any atom is 0.242 e. The molecule has 1 aliphatic rings. The van der Waals surface area contributed by atoms with E-state index in [2.05, 4.69) is 13.8 Å². The zero-order valence-corrected chi connectivity index (χ0v) is 11.7. The molecule has 17 heavy (non-hydrogen) atoms. The molecule has 0 aromatic heterocycles. The van der Waals surface area contributed by atoms with Crippen LogP contribution < -0.4 is 5.73 Å². The minimum atomic E-state index is -0.678. The Kier molecular flexibility index (Phi) is 7.75. The number of carbonyl (C=O) groups is 1. The molecule has 4 nitrogen and oxygen atoms in total. The highest BCUT2D eigenvalue weighted by Crippen LogP contribution is 2.20. The summed E-state index contributed by atoms with van der Waals surface area (Å²) in [6.45, 7) is 7.01. The Morgan fingerprint density at radius 3 is 2.12 bits per heavy atom. The minimum absolute atomic E-state index is 0. The third-order valence-electron chi connectivity index (χ3n) is 3.09. The van der Waals surface area contributed by atoms with Crippen molar-refractivity contribution in [2.45, 2.75) is 45.1 Å². The van der Waals surface area contributed by atoms with Gasteiger partial charge in [-0.05, 0) is 25.7 Å². The van der Waals surface area contributed by atoms with Crippen LogP contribution in [0.4, 0.5) is 0 Å². The number of carbonyl (C=O) groups excluding carboxylic acids is 1. The number of nitrogens with zero attached hydrogens (tertiary/aromatic N) is 1. The van der Waals surface area contributed by atoms with Gasteiger partial charge in [0.2, 0.25) is 5.91 Å². The van der Waals surface area contributed by atoms with E-state index >= 15 is 0 Å². The first kappa shape index (κ1) is 16.7. The van der Waals surface area contributed by atoms with Gasteiger partial charge in [0.25, 0.3) is 0 Å². The summed E-state index contributed by atoms with van der Waals surface area (Å²) in [5.74, 6) is 0.111. The predicted octanol–water partition coefficient (Wildman–Crippen LogP) is 1.56. The lowest BCUT2D eigenvalue weighted by molar-refractivity contribution is -0.140. The van der Waals surface area contributed by atoms with Crippen molar-refractivity contribution < 1.29 is 9.53 Å². The van der Waals surface area contributed by atoms with Crippen LogP contribution in [0.25, 0.3) is 0 Å². The molecule has 1 heterocycles. The fourth-order valence-corrected chi connectivity index (χ4v) is 2.12. The highest BCUT2D eigenvalue weighted by molar-refractivity contribution is 5.86. The molecule has 102 valence electrons. The van der Waals surface area contributed by atoms with Crippen molar-refractivity contribution in [3.8, 4) is 0 Å². The van der Waals surface area contributed by atoms with Crippen molar-refractivity contribution in [1.29, 1.82) is 0 Å². The third kappa shape index (κ3) is 4.45. The Hall–Kier alpha value is -0.320. The van der Waals surface area contributed by atoms with Gasteiger partial charge >= 0.3 is 0 Å². The van der Waals surface area contributed by atoms with Crippen LogP contribution in [0.3, 0.4) is 0 Å². The SMILES string of the molecule is CCCN(CCC)C(=O)C1(N)CCOCC1.Cl. The van der Waals surface area contributed by atoms with Crippen LogP contribution in [-0.2, 0) is 9.53 Å². The fraction of sp³-hybridized carbons (Fsp3) is 0.917. The number of hydrogen-bond acceptors (Lipinski definition) is 3. The quantitative estimate of drug-likeness (QED) is 0.820. The molecule has 1 amide bonds. The molecular formula is C12H25ClN2O2. The highest BCUT2D eigenvalue weighted by Gasteiger charge is 2.38. The molecule has 0 atom stereocenters. The summed E-state index contributed by atoms with van der Waals surface area (Å²) in [5.41, 5.74) is 5.51. The Morgan fingerprint density at radius 1 is 1.24 bits per heavy atom. The third-order valence-corrected chi connectivity index (χ3v) is 3.09. The van der Waals surface area contributed by atoms with Crippen molar-refractivity contribution in [2.24, 2.45) is 5.73 Å². The Balaban J connectivity index is 0.00000256. The molecule has 0 unspecified atom stereocenters. The van der Waals surface area contributed by atoms with Gasteiger partial charge in [-0.25, -0.2) is 0 Å². The molecule has 0 spiro atoms. The largest absolute Gasteiger partial charge is 0.381 e. The second-order valence-electron chi connectivity index (χ2n) is 4.56. The first-order chi connectivity index (χ1) is 7.64. The van der Waals surface area contributed by atoms with E-state index in [9.17, 15) is 4.79 Å². The van der Waals surface area contributed by atoms with Gasteiger partial charge in [-0.3, -0.25) is 4.79 Å². The number of nitrogens with two attached hydrogens (primary N) is 1. The second-order valence-corrected chi connectivity index (χ2v) is 4.56. The molecule has 2 N–H and O–H groups in total. The lowest BCUT2D eigenvalue weighted by Gasteiger charge is -2.36. The van der Waals surface area contributed by atoms with Crippen molar-refractivity contribution in [3.05, 3.63) is 0 Å². The molecule has 0 aromatic rings. The van der Waals surface area contributed by atoms with Crippen LogP contribution in [-0.4, -0.2) is 42.6 Å². The zero-order valence-electron chi connectivity index (χ0n) is 10.9. The van der Waals surface area contributed by atoms with Crippen molar-refractivity contribution in [1.82, 2.24) is 4.90 Å². The molecule has 0 radical (unpaired) electrons. The maximum atomic E-state index is 12.3. The molecule has 0 saturated carbocycles. The molecule has 1 fully saturated rings. The monoisotopic (exact) mass is 264 g/mol.